The Balaban J connectivity index is 1.43. The maximum Gasteiger partial charge on any atom is 0.338 e. The summed E-state index contributed by atoms with van der Waals surface area (Å²) in [5, 5.41) is 0. The summed E-state index contributed by atoms with van der Waals surface area (Å²) in [5.41, 5.74) is 5.04. The van der Waals surface area contributed by atoms with Crippen LogP contribution in [0, 0.1) is 13.8 Å². The van der Waals surface area contributed by atoms with Crippen molar-refractivity contribution in [3.05, 3.63) is 53.1 Å². The first-order chi connectivity index (χ1) is 13.6. The number of carbonyl (C=O) groups excluding carboxylic acids is 1. The van der Waals surface area contributed by atoms with Crippen molar-refractivity contribution in [1.29, 1.82) is 0 Å². The van der Waals surface area contributed by atoms with Gasteiger partial charge in [-0.15, -0.1) is 0 Å². The van der Waals surface area contributed by atoms with Crippen molar-refractivity contribution in [2.45, 2.75) is 45.6 Å². The lowest BCUT2D eigenvalue weighted by Crippen LogP contribution is -2.10. The zero-order chi connectivity index (χ0) is 19.5. The van der Waals surface area contributed by atoms with Gasteiger partial charge in [-0.3, -0.25) is 0 Å². The number of ether oxygens (including phenoxy) is 2. The second-order valence-electron chi connectivity index (χ2n) is 7.49. The van der Waals surface area contributed by atoms with Crippen molar-refractivity contribution < 1.29 is 18.7 Å². The van der Waals surface area contributed by atoms with Crippen molar-refractivity contribution in [3.63, 3.8) is 0 Å². The van der Waals surface area contributed by atoms with Crippen LogP contribution in [-0.4, -0.2) is 30.3 Å². The van der Waals surface area contributed by atoms with Gasteiger partial charge in [0, 0.05) is 12.2 Å². The van der Waals surface area contributed by atoms with Crippen molar-refractivity contribution in [3.8, 4) is 11.5 Å². The molecule has 1 aliphatic rings. The van der Waals surface area contributed by atoms with E-state index in [4.69, 9.17) is 13.9 Å². The molecule has 1 saturated heterocycles. The molecule has 0 bridgehead atoms. The minimum Gasteiger partial charge on any atom is -0.462 e. The number of rotatable bonds is 6. The highest BCUT2D eigenvalue weighted by Crippen LogP contribution is 2.27. The van der Waals surface area contributed by atoms with E-state index in [-0.39, 0.29) is 5.97 Å². The largest absolute Gasteiger partial charge is 0.462 e. The number of aromatic nitrogens is 1. The summed E-state index contributed by atoms with van der Waals surface area (Å²) in [6.07, 6.45) is 4.32. The van der Waals surface area contributed by atoms with Gasteiger partial charge < -0.3 is 13.9 Å². The maximum absolute atomic E-state index is 12.3. The molecule has 1 aromatic heterocycles. The number of esters is 1. The molecule has 4 rings (SSSR count). The standard InChI is InChI=1S/C23H25NO4/c1-15-11-16(2)13-18(12-15)22-24-20-8-7-17(14-21(20)28-22)23(25)27-10-4-6-19-5-3-9-26-19/h7-8,11-14,19H,3-6,9-10H2,1-2H3. The lowest BCUT2D eigenvalue weighted by atomic mass is 10.1. The van der Waals surface area contributed by atoms with Crippen LogP contribution in [0.5, 0.6) is 0 Å². The van der Waals surface area contributed by atoms with E-state index < -0.39 is 0 Å². The summed E-state index contributed by atoms with van der Waals surface area (Å²) < 4.78 is 16.9. The third-order valence-corrected chi connectivity index (χ3v) is 5.02. The Morgan fingerprint density at radius 1 is 1.18 bits per heavy atom. The molecule has 3 aromatic rings. The maximum atomic E-state index is 12.3. The van der Waals surface area contributed by atoms with Crippen LogP contribution in [0.1, 0.15) is 47.2 Å². The first kappa shape index (κ1) is 18.7. The summed E-state index contributed by atoms with van der Waals surface area (Å²) in [7, 11) is 0. The Morgan fingerprint density at radius 3 is 2.75 bits per heavy atom. The van der Waals surface area contributed by atoms with Crippen LogP contribution in [0.3, 0.4) is 0 Å². The molecule has 1 atom stereocenters. The lowest BCUT2D eigenvalue weighted by molar-refractivity contribution is 0.0461. The summed E-state index contributed by atoms with van der Waals surface area (Å²) in [6, 6.07) is 11.4. The van der Waals surface area contributed by atoms with E-state index in [0.717, 1.165) is 54.5 Å². The van der Waals surface area contributed by atoms with Crippen LogP contribution >= 0.6 is 0 Å². The summed E-state index contributed by atoms with van der Waals surface area (Å²) >= 11 is 0. The first-order valence-corrected chi connectivity index (χ1v) is 9.86. The zero-order valence-electron chi connectivity index (χ0n) is 16.4. The fourth-order valence-electron chi connectivity index (χ4n) is 3.70. The predicted molar refractivity (Wildman–Crippen MR) is 107 cm³/mol. The molecule has 1 fully saturated rings. The highest BCUT2D eigenvalue weighted by molar-refractivity contribution is 5.93. The monoisotopic (exact) mass is 379 g/mol. The van der Waals surface area contributed by atoms with Crippen molar-refractivity contribution >= 4 is 17.1 Å². The average molecular weight is 379 g/mol. The Bertz CT molecular complexity index is 965. The minimum atomic E-state index is -0.335. The molecule has 0 radical (unpaired) electrons. The second-order valence-corrected chi connectivity index (χ2v) is 7.49. The molecule has 2 heterocycles. The number of oxazole rings is 1. The van der Waals surface area contributed by atoms with Crippen LogP contribution in [0.2, 0.25) is 0 Å². The molecule has 2 aromatic carbocycles. The molecule has 0 saturated carbocycles. The number of hydrogen-bond donors (Lipinski definition) is 0. The fraction of sp³-hybridized carbons (Fsp3) is 0.391. The number of carbonyl (C=O) groups is 1. The Labute approximate surface area is 164 Å². The molecule has 0 amide bonds. The molecule has 146 valence electrons. The van der Waals surface area contributed by atoms with Gasteiger partial charge in [0.15, 0.2) is 5.58 Å². The minimum absolute atomic E-state index is 0.327. The van der Waals surface area contributed by atoms with Gasteiger partial charge >= 0.3 is 5.97 Å². The van der Waals surface area contributed by atoms with E-state index in [1.165, 1.54) is 0 Å². The number of benzene rings is 2. The quantitative estimate of drug-likeness (QED) is 0.434. The average Bonchev–Trinajstić information content (AvgIpc) is 3.33. The highest BCUT2D eigenvalue weighted by atomic mass is 16.5. The molecule has 0 aliphatic carbocycles. The van der Waals surface area contributed by atoms with Crippen LogP contribution in [0.25, 0.3) is 22.6 Å². The summed E-state index contributed by atoms with van der Waals surface area (Å²) in [5.74, 6) is 0.225. The van der Waals surface area contributed by atoms with Crippen LogP contribution in [0.4, 0.5) is 0 Å². The van der Waals surface area contributed by atoms with Gasteiger partial charge in [-0.25, -0.2) is 9.78 Å². The molecule has 0 spiro atoms. The van der Waals surface area contributed by atoms with E-state index >= 15 is 0 Å². The van der Waals surface area contributed by atoms with Gasteiger partial charge in [0.05, 0.1) is 18.3 Å². The van der Waals surface area contributed by atoms with Gasteiger partial charge in [-0.05, 0) is 69.9 Å². The summed E-state index contributed by atoms with van der Waals surface area (Å²) in [4.78, 5) is 16.9. The lowest BCUT2D eigenvalue weighted by Gasteiger charge is -2.09. The molecule has 28 heavy (non-hydrogen) atoms. The number of hydrogen-bond acceptors (Lipinski definition) is 5. The Kier molecular flexibility index (Phi) is 5.44. The number of nitrogens with zero attached hydrogens (tertiary/aromatic N) is 1. The van der Waals surface area contributed by atoms with Crippen molar-refractivity contribution in [2.24, 2.45) is 0 Å². The molecular formula is C23H25NO4. The molecule has 1 unspecified atom stereocenters. The van der Waals surface area contributed by atoms with Crippen LogP contribution in [-0.2, 0) is 9.47 Å². The van der Waals surface area contributed by atoms with Gasteiger partial charge in [-0.2, -0.15) is 0 Å². The SMILES string of the molecule is Cc1cc(C)cc(-c2nc3ccc(C(=O)OCCCC4CCCO4)cc3o2)c1. The van der Waals surface area contributed by atoms with Crippen LogP contribution in [0.15, 0.2) is 40.8 Å². The Morgan fingerprint density at radius 2 is 2.00 bits per heavy atom. The van der Waals surface area contributed by atoms with E-state index in [9.17, 15) is 4.79 Å². The van der Waals surface area contributed by atoms with E-state index in [2.05, 4.69) is 11.1 Å². The molecule has 0 N–H and O–H groups in total. The first-order valence-electron chi connectivity index (χ1n) is 9.86. The smallest absolute Gasteiger partial charge is 0.338 e. The van der Waals surface area contributed by atoms with Crippen LogP contribution < -0.4 is 0 Å². The van der Waals surface area contributed by atoms with Crippen molar-refractivity contribution in [1.82, 2.24) is 4.98 Å². The second kappa shape index (κ2) is 8.15. The topological polar surface area (TPSA) is 61.6 Å². The molecular weight excluding hydrogens is 354 g/mol. The van der Waals surface area contributed by atoms with Crippen molar-refractivity contribution in [2.75, 3.05) is 13.2 Å². The third-order valence-electron chi connectivity index (χ3n) is 5.02. The highest BCUT2D eigenvalue weighted by Gasteiger charge is 2.16. The third kappa shape index (κ3) is 4.25. The zero-order valence-corrected chi connectivity index (χ0v) is 16.4. The van der Waals surface area contributed by atoms with E-state index in [1.807, 2.05) is 26.0 Å². The Hall–Kier alpha value is -2.66. The van der Waals surface area contributed by atoms with Gasteiger partial charge in [0.2, 0.25) is 5.89 Å². The fourth-order valence-corrected chi connectivity index (χ4v) is 3.70. The van der Waals surface area contributed by atoms with Gasteiger partial charge in [0.1, 0.15) is 5.52 Å². The molecule has 5 nitrogen and oxygen atoms in total. The summed E-state index contributed by atoms with van der Waals surface area (Å²) in [6.45, 7) is 5.35. The molecule has 1 aliphatic heterocycles. The van der Waals surface area contributed by atoms with E-state index in [1.54, 1.807) is 18.2 Å². The normalized spacial score (nSPS) is 16.6. The molecule has 5 heteroatoms. The predicted octanol–water partition coefficient (Wildman–Crippen LogP) is 5.23. The van der Waals surface area contributed by atoms with E-state index in [0.29, 0.717) is 29.7 Å². The number of fused-ring (bicyclic) bond motifs is 1. The van der Waals surface area contributed by atoms with Gasteiger partial charge in [-0.1, -0.05) is 17.2 Å². The number of aryl methyl sites for hydroxylation is 2. The van der Waals surface area contributed by atoms with Gasteiger partial charge in [0.25, 0.3) is 0 Å².